The molecule has 0 unspecified atom stereocenters. The molecule has 8 heteroatoms. The number of hydrogen-bond acceptors (Lipinski definition) is 4. The van der Waals surface area contributed by atoms with E-state index in [2.05, 4.69) is 5.32 Å². The molecule has 1 aromatic carbocycles. The molecule has 0 spiro atoms. The van der Waals surface area contributed by atoms with Crippen LogP contribution in [-0.4, -0.2) is 38.1 Å². The van der Waals surface area contributed by atoms with E-state index in [1.807, 2.05) is 13.8 Å². The molecule has 0 saturated heterocycles. The van der Waals surface area contributed by atoms with Gasteiger partial charge in [0.25, 0.3) is 0 Å². The Labute approximate surface area is 150 Å². The van der Waals surface area contributed by atoms with Crippen LogP contribution in [-0.2, 0) is 14.8 Å². The van der Waals surface area contributed by atoms with Gasteiger partial charge in [0.1, 0.15) is 13.3 Å². The number of carbonyl (C=O) groups excluding carboxylic acids is 1. The molecule has 0 fully saturated rings. The summed E-state index contributed by atoms with van der Waals surface area (Å²) in [5, 5.41) is 12.0. The summed E-state index contributed by atoms with van der Waals surface area (Å²) in [5.41, 5.74) is 0. The normalized spacial score (nSPS) is 15.3. The van der Waals surface area contributed by atoms with E-state index >= 15 is 0 Å². The number of halogens is 1. The summed E-state index contributed by atoms with van der Waals surface area (Å²) in [6, 6.07) is 2.26. The lowest BCUT2D eigenvalue weighted by molar-refractivity contribution is -0.124. The molecular weight excluding hydrogens is 347 g/mol. The summed E-state index contributed by atoms with van der Waals surface area (Å²) >= 11 is 0. The van der Waals surface area contributed by atoms with Crippen LogP contribution in [0.4, 0.5) is 4.39 Å². The van der Waals surface area contributed by atoms with Gasteiger partial charge in [0, 0.05) is 0 Å². The minimum absolute atomic E-state index is 0.222. The first-order chi connectivity index (χ1) is 12.0. The van der Waals surface area contributed by atoms with Gasteiger partial charge in [0.2, 0.25) is 15.9 Å². The summed E-state index contributed by atoms with van der Waals surface area (Å²) in [6.07, 6.45) is 0.524. The Hall–Kier alpha value is -1.51. The van der Waals surface area contributed by atoms with Crippen LogP contribution in [0.15, 0.2) is 29.2 Å². The Bertz CT molecular complexity index is 695. The lowest BCUT2D eigenvalue weighted by atomic mass is 10.0. The van der Waals surface area contributed by atoms with Crippen LogP contribution in [0.5, 0.6) is 0 Å². The molecule has 1 rings (SSSR count). The first-order valence-corrected chi connectivity index (χ1v) is 9.64. The molecule has 0 aliphatic carbocycles. The van der Waals surface area contributed by atoms with Crippen molar-refractivity contribution in [1.82, 2.24) is 10.0 Å². The Morgan fingerprint density at radius 2 is 1.80 bits per heavy atom. The fourth-order valence-electron chi connectivity index (χ4n) is 2.32. The zero-order valence-corrected chi connectivity index (χ0v) is 15.8. The van der Waals surface area contributed by atoms with Crippen molar-refractivity contribution in [3.05, 3.63) is 30.1 Å². The molecule has 2 atom stereocenters. The van der Waals surface area contributed by atoms with Crippen molar-refractivity contribution >= 4 is 15.9 Å². The zero-order chi connectivity index (χ0) is 20.1. The van der Waals surface area contributed by atoms with Crippen molar-refractivity contribution in [1.29, 1.82) is 0 Å². The van der Waals surface area contributed by atoms with Gasteiger partial charge >= 0.3 is 0 Å². The maximum absolute atomic E-state index is 13.0. The van der Waals surface area contributed by atoms with Crippen molar-refractivity contribution in [3.8, 4) is 0 Å². The number of benzene rings is 1. The van der Waals surface area contributed by atoms with Crippen molar-refractivity contribution in [3.63, 3.8) is 0 Å². The van der Waals surface area contributed by atoms with Gasteiger partial charge in [-0.15, -0.1) is 0 Å². The molecule has 3 N–H and O–H groups in total. The van der Waals surface area contributed by atoms with E-state index in [1.54, 1.807) is 13.8 Å². The Balaban J connectivity index is 3.07. The molecule has 0 radical (unpaired) electrons. The van der Waals surface area contributed by atoms with Crippen molar-refractivity contribution in [2.24, 2.45) is 11.8 Å². The number of sulfonamides is 1. The van der Waals surface area contributed by atoms with E-state index in [-0.39, 0.29) is 22.1 Å². The largest absolute Gasteiger partial charge is 0.394 e. The van der Waals surface area contributed by atoms with E-state index in [4.69, 9.17) is 1.41 Å². The second-order valence-electron chi connectivity index (χ2n) is 6.74. The highest BCUT2D eigenvalue weighted by atomic mass is 32.2. The minimum Gasteiger partial charge on any atom is -0.394 e. The van der Waals surface area contributed by atoms with Gasteiger partial charge in [-0.05, 0) is 42.5 Å². The van der Waals surface area contributed by atoms with Crippen molar-refractivity contribution < 1.29 is 24.1 Å². The Morgan fingerprint density at radius 3 is 2.24 bits per heavy atom. The smallest absolute Gasteiger partial charge is 0.241 e. The van der Waals surface area contributed by atoms with E-state index < -0.39 is 39.7 Å². The predicted octanol–water partition coefficient (Wildman–Crippen LogP) is 1.65. The highest BCUT2D eigenvalue weighted by Gasteiger charge is 2.29. The fourth-order valence-corrected chi connectivity index (χ4v) is 3.56. The van der Waals surface area contributed by atoms with Crippen LogP contribution >= 0.6 is 0 Å². The first kappa shape index (κ1) is 19.8. The monoisotopic (exact) mass is 375 g/mol. The summed E-state index contributed by atoms with van der Waals surface area (Å²) in [5.74, 6) is -1.51. The zero-order valence-electron chi connectivity index (χ0n) is 15.9. The molecule has 1 aromatic rings. The Morgan fingerprint density at radius 1 is 1.24 bits per heavy atom. The summed E-state index contributed by atoms with van der Waals surface area (Å²) < 4.78 is 46.6. The quantitative estimate of drug-likeness (QED) is 0.612. The number of aliphatic hydroxyl groups excluding tert-OH is 1. The molecule has 0 aliphatic heterocycles. The van der Waals surface area contributed by atoms with Gasteiger partial charge in [0.05, 0.1) is 17.5 Å². The molecule has 1 amide bonds. The number of nitrogens with one attached hydrogen (secondary N) is 2. The number of carbonyl (C=O) groups is 1. The highest BCUT2D eigenvalue weighted by molar-refractivity contribution is 7.89. The van der Waals surface area contributed by atoms with Gasteiger partial charge < -0.3 is 10.4 Å². The highest BCUT2D eigenvalue weighted by Crippen LogP contribution is 2.13. The molecule has 0 aromatic heterocycles. The number of hydrogen-bond donors (Lipinski definition) is 3. The van der Waals surface area contributed by atoms with Gasteiger partial charge in [-0.3, -0.25) is 4.79 Å². The van der Waals surface area contributed by atoms with E-state index in [0.29, 0.717) is 6.42 Å². The molecular formula is C17H27FN2O4S. The molecule has 25 heavy (non-hydrogen) atoms. The van der Waals surface area contributed by atoms with Crippen LogP contribution in [0.3, 0.4) is 0 Å². The van der Waals surface area contributed by atoms with E-state index in [1.165, 1.54) is 0 Å². The molecule has 0 saturated carbocycles. The van der Waals surface area contributed by atoms with Gasteiger partial charge in [-0.1, -0.05) is 27.7 Å². The van der Waals surface area contributed by atoms with Crippen LogP contribution < -0.4 is 10.0 Å². The van der Waals surface area contributed by atoms with Gasteiger partial charge in [-0.25, -0.2) is 12.8 Å². The standard InChI is InChI=1S/C17H27FN2O4S/c1-11(2)9-14(10-21)19-17(22)16(12(3)4)20-25(23,24)15-7-5-13(18)6-8-15/h5-8,11-12,14,16,20-21H,9-10H2,1-4H3,(H,19,22)/t14-,16+/m0/s1/i/hD. The van der Waals surface area contributed by atoms with Crippen molar-refractivity contribution in [2.75, 3.05) is 6.61 Å². The summed E-state index contributed by atoms with van der Waals surface area (Å²) in [4.78, 5) is 12.3. The molecule has 6 nitrogen and oxygen atoms in total. The number of aliphatic hydroxyl groups is 1. The van der Waals surface area contributed by atoms with Crippen LogP contribution in [0.1, 0.15) is 34.1 Å². The first-order valence-electron chi connectivity index (χ1n) is 8.65. The topological polar surface area (TPSA) is 95.5 Å². The van der Waals surface area contributed by atoms with Crippen LogP contribution in [0, 0.1) is 17.7 Å². The summed E-state index contributed by atoms with van der Waals surface area (Å²) in [6.45, 7) is 6.84. The predicted molar refractivity (Wildman–Crippen MR) is 93.8 cm³/mol. The van der Waals surface area contributed by atoms with Gasteiger partial charge in [-0.2, -0.15) is 4.72 Å². The third-order valence-electron chi connectivity index (χ3n) is 3.59. The van der Waals surface area contributed by atoms with Crippen LogP contribution in [0.2, 0.25) is 1.41 Å². The minimum atomic E-state index is -4.30. The number of amides is 1. The second kappa shape index (κ2) is 9.26. The van der Waals surface area contributed by atoms with Crippen molar-refractivity contribution in [2.45, 2.75) is 51.1 Å². The average molecular weight is 375 g/mol. The summed E-state index contributed by atoms with van der Waals surface area (Å²) in [7, 11) is -4.30. The molecule has 0 bridgehead atoms. The SMILES string of the molecule is [2H]N([C@@H](C(=O)N[C@H](CO)CC(C)C)C(C)C)S(=O)(=O)c1ccc(F)cc1. The number of rotatable bonds is 9. The van der Waals surface area contributed by atoms with Crippen LogP contribution in [0.25, 0.3) is 0 Å². The van der Waals surface area contributed by atoms with E-state index in [0.717, 1.165) is 24.3 Å². The fraction of sp³-hybridized carbons (Fsp3) is 0.588. The van der Waals surface area contributed by atoms with E-state index in [9.17, 15) is 22.7 Å². The Kier molecular flexibility index (Phi) is 7.34. The maximum atomic E-state index is 13.0. The average Bonchev–Trinajstić information content (AvgIpc) is 2.53. The lowest BCUT2D eigenvalue weighted by Crippen LogP contribution is -2.52. The van der Waals surface area contributed by atoms with Gasteiger partial charge in [0.15, 0.2) is 0 Å². The lowest BCUT2D eigenvalue weighted by Gasteiger charge is -2.25. The third-order valence-corrected chi connectivity index (χ3v) is 4.96. The maximum Gasteiger partial charge on any atom is 0.241 e. The third kappa shape index (κ3) is 6.72. The molecule has 142 valence electrons. The molecule has 0 heterocycles. The second-order valence-corrected chi connectivity index (χ2v) is 8.37. The molecule has 0 aliphatic rings.